The second-order valence-corrected chi connectivity index (χ2v) is 7.32. The van der Waals surface area contributed by atoms with E-state index in [1.54, 1.807) is 35.5 Å². The standard InChI is InChI=1S/C18H18N4O5S/c1-19-15(23)5-12-8-28-18(20-12)21-16(24)11-6-22(7-11)17(25)10-2-3-13-14(4-10)27-9-26-13/h2-4,8,11H,5-7,9H2,1H3,(H,19,23)(H,20,21,24). The molecule has 2 aromatic rings. The predicted octanol–water partition coefficient (Wildman–Crippen LogP) is 0.871. The first-order valence-corrected chi connectivity index (χ1v) is 9.56. The number of hydrogen-bond acceptors (Lipinski definition) is 7. The molecule has 2 N–H and O–H groups in total. The minimum atomic E-state index is -0.288. The van der Waals surface area contributed by atoms with Gasteiger partial charge in [0.1, 0.15) is 0 Å². The van der Waals surface area contributed by atoms with Gasteiger partial charge in [-0.05, 0) is 18.2 Å². The molecule has 0 aliphatic carbocycles. The summed E-state index contributed by atoms with van der Waals surface area (Å²) in [4.78, 5) is 42.1. The largest absolute Gasteiger partial charge is 0.454 e. The van der Waals surface area contributed by atoms with E-state index in [0.717, 1.165) is 0 Å². The molecular weight excluding hydrogens is 384 g/mol. The van der Waals surface area contributed by atoms with Gasteiger partial charge in [-0.2, -0.15) is 0 Å². The molecule has 1 fully saturated rings. The number of nitrogens with zero attached hydrogens (tertiary/aromatic N) is 2. The van der Waals surface area contributed by atoms with Crippen LogP contribution in [0.15, 0.2) is 23.6 Å². The third-order valence-electron chi connectivity index (χ3n) is 4.56. The van der Waals surface area contributed by atoms with Gasteiger partial charge in [0.15, 0.2) is 16.6 Å². The molecule has 1 aromatic heterocycles. The van der Waals surface area contributed by atoms with Gasteiger partial charge in [0.2, 0.25) is 18.6 Å². The van der Waals surface area contributed by atoms with E-state index in [0.29, 0.717) is 41.0 Å². The quantitative estimate of drug-likeness (QED) is 0.768. The highest BCUT2D eigenvalue weighted by atomic mass is 32.1. The molecule has 2 aliphatic heterocycles. The van der Waals surface area contributed by atoms with E-state index in [9.17, 15) is 14.4 Å². The number of anilines is 1. The zero-order chi connectivity index (χ0) is 19.7. The van der Waals surface area contributed by atoms with Crippen molar-refractivity contribution in [3.8, 4) is 11.5 Å². The molecule has 3 amide bonds. The van der Waals surface area contributed by atoms with Crippen molar-refractivity contribution in [1.82, 2.24) is 15.2 Å². The molecule has 0 radical (unpaired) electrons. The predicted molar refractivity (Wildman–Crippen MR) is 100 cm³/mol. The average Bonchev–Trinajstić information content (AvgIpc) is 3.28. The Labute approximate surface area is 164 Å². The van der Waals surface area contributed by atoms with Crippen LogP contribution in [0.4, 0.5) is 5.13 Å². The molecule has 0 spiro atoms. The van der Waals surface area contributed by atoms with Crippen LogP contribution in [0.3, 0.4) is 0 Å². The van der Waals surface area contributed by atoms with Crippen LogP contribution in [-0.4, -0.2) is 54.5 Å². The van der Waals surface area contributed by atoms with Gasteiger partial charge in [0.05, 0.1) is 18.0 Å². The molecule has 28 heavy (non-hydrogen) atoms. The molecule has 0 atom stereocenters. The number of aromatic nitrogens is 1. The Hall–Kier alpha value is -3.14. The first-order chi connectivity index (χ1) is 13.5. The van der Waals surface area contributed by atoms with Crippen molar-refractivity contribution in [2.24, 2.45) is 5.92 Å². The number of likely N-dealkylation sites (tertiary alicyclic amines) is 1. The molecule has 0 unspecified atom stereocenters. The van der Waals surface area contributed by atoms with Crippen molar-refractivity contribution in [2.45, 2.75) is 6.42 Å². The zero-order valence-electron chi connectivity index (χ0n) is 15.1. The fourth-order valence-corrected chi connectivity index (χ4v) is 3.64. The van der Waals surface area contributed by atoms with Gasteiger partial charge in [-0.3, -0.25) is 14.4 Å². The smallest absolute Gasteiger partial charge is 0.254 e. The summed E-state index contributed by atoms with van der Waals surface area (Å²) in [6, 6.07) is 5.05. The lowest BCUT2D eigenvalue weighted by atomic mass is 9.98. The maximum Gasteiger partial charge on any atom is 0.254 e. The number of amides is 3. The summed E-state index contributed by atoms with van der Waals surface area (Å²) in [5, 5.41) is 7.47. The fourth-order valence-electron chi connectivity index (χ4n) is 2.93. The second kappa shape index (κ2) is 7.47. The Bertz CT molecular complexity index is 938. The number of likely N-dealkylation sites (N-methyl/N-ethyl adjacent to an activating group) is 1. The van der Waals surface area contributed by atoms with Gasteiger partial charge >= 0.3 is 0 Å². The van der Waals surface area contributed by atoms with Crippen LogP contribution in [0.2, 0.25) is 0 Å². The lowest BCUT2D eigenvalue weighted by Gasteiger charge is -2.38. The van der Waals surface area contributed by atoms with Gasteiger partial charge in [-0.25, -0.2) is 4.98 Å². The molecule has 1 saturated heterocycles. The van der Waals surface area contributed by atoms with Crippen LogP contribution in [0.1, 0.15) is 16.1 Å². The average molecular weight is 402 g/mol. The minimum Gasteiger partial charge on any atom is -0.454 e. The normalized spacial score (nSPS) is 15.1. The van der Waals surface area contributed by atoms with Gasteiger partial charge in [0.25, 0.3) is 5.91 Å². The zero-order valence-corrected chi connectivity index (χ0v) is 15.9. The summed E-state index contributed by atoms with van der Waals surface area (Å²) in [7, 11) is 1.56. The number of thiazole rings is 1. The monoisotopic (exact) mass is 402 g/mol. The van der Waals surface area contributed by atoms with Crippen LogP contribution in [-0.2, 0) is 16.0 Å². The fraction of sp³-hybridized carbons (Fsp3) is 0.333. The van der Waals surface area contributed by atoms with Crippen LogP contribution >= 0.6 is 11.3 Å². The van der Waals surface area contributed by atoms with E-state index < -0.39 is 0 Å². The summed E-state index contributed by atoms with van der Waals surface area (Å²) in [6.07, 6.45) is 0.171. The lowest BCUT2D eigenvalue weighted by molar-refractivity contribution is -0.123. The Morgan fingerprint density at radius 3 is 2.82 bits per heavy atom. The number of rotatable bonds is 5. The minimum absolute atomic E-state index is 0.139. The first-order valence-electron chi connectivity index (χ1n) is 8.68. The van der Waals surface area contributed by atoms with Crippen LogP contribution in [0.5, 0.6) is 11.5 Å². The van der Waals surface area contributed by atoms with Gasteiger partial charge in [-0.1, -0.05) is 0 Å². The Morgan fingerprint density at radius 1 is 1.25 bits per heavy atom. The number of carbonyl (C=O) groups excluding carboxylic acids is 3. The number of nitrogens with one attached hydrogen (secondary N) is 2. The first kappa shape index (κ1) is 18.2. The molecule has 146 valence electrons. The summed E-state index contributed by atoms with van der Waals surface area (Å²) < 4.78 is 10.5. The molecule has 4 rings (SSSR count). The highest BCUT2D eigenvalue weighted by Crippen LogP contribution is 2.33. The van der Waals surface area contributed by atoms with Crippen LogP contribution in [0, 0.1) is 5.92 Å². The van der Waals surface area contributed by atoms with Gasteiger partial charge in [0, 0.05) is 31.1 Å². The SMILES string of the molecule is CNC(=O)Cc1csc(NC(=O)C2CN(C(=O)c3ccc4c(c3)OCO4)C2)n1. The molecule has 9 nitrogen and oxygen atoms in total. The van der Waals surface area contributed by atoms with E-state index in [1.807, 2.05) is 0 Å². The molecule has 1 aromatic carbocycles. The number of fused-ring (bicyclic) bond motifs is 1. The Balaban J connectivity index is 1.29. The Morgan fingerprint density at radius 2 is 2.04 bits per heavy atom. The number of carbonyl (C=O) groups is 3. The summed E-state index contributed by atoms with van der Waals surface area (Å²) in [6.45, 7) is 0.839. The third-order valence-corrected chi connectivity index (χ3v) is 5.37. The summed E-state index contributed by atoms with van der Waals surface area (Å²) in [5.74, 6) is 0.415. The van der Waals surface area contributed by atoms with E-state index in [4.69, 9.17) is 9.47 Å². The van der Waals surface area contributed by atoms with Crippen molar-refractivity contribution >= 4 is 34.2 Å². The summed E-state index contributed by atoms with van der Waals surface area (Å²) in [5.41, 5.74) is 1.11. The van der Waals surface area contributed by atoms with Crippen molar-refractivity contribution in [3.05, 3.63) is 34.8 Å². The van der Waals surface area contributed by atoms with Crippen molar-refractivity contribution < 1.29 is 23.9 Å². The second-order valence-electron chi connectivity index (χ2n) is 6.46. The number of ether oxygens (including phenoxy) is 2. The summed E-state index contributed by atoms with van der Waals surface area (Å²) >= 11 is 1.27. The lowest BCUT2D eigenvalue weighted by Crippen LogP contribution is -2.54. The number of hydrogen-bond donors (Lipinski definition) is 2. The third kappa shape index (κ3) is 3.63. The topological polar surface area (TPSA) is 110 Å². The van der Waals surface area contributed by atoms with Crippen LogP contribution in [0.25, 0.3) is 0 Å². The maximum absolute atomic E-state index is 12.5. The molecule has 3 heterocycles. The molecule has 0 saturated carbocycles. The van der Waals surface area contributed by atoms with Crippen LogP contribution < -0.4 is 20.1 Å². The molecule has 2 aliphatic rings. The van der Waals surface area contributed by atoms with Crippen molar-refractivity contribution in [3.63, 3.8) is 0 Å². The van der Waals surface area contributed by atoms with Crippen molar-refractivity contribution in [1.29, 1.82) is 0 Å². The highest BCUT2D eigenvalue weighted by molar-refractivity contribution is 7.13. The molecule has 0 bridgehead atoms. The maximum atomic E-state index is 12.5. The number of benzene rings is 1. The van der Waals surface area contributed by atoms with E-state index in [2.05, 4.69) is 15.6 Å². The Kier molecular flexibility index (Phi) is 4.86. The van der Waals surface area contributed by atoms with Crippen molar-refractivity contribution in [2.75, 3.05) is 32.2 Å². The molecule has 10 heteroatoms. The highest BCUT2D eigenvalue weighted by Gasteiger charge is 2.36. The molecular formula is C18H18N4O5S. The van der Waals surface area contributed by atoms with E-state index in [-0.39, 0.29) is 36.9 Å². The van der Waals surface area contributed by atoms with E-state index in [1.165, 1.54) is 11.3 Å². The van der Waals surface area contributed by atoms with E-state index >= 15 is 0 Å². The van der Waals surface area contributed by atoms with Gasteiger partial charge < -0.3 is 25.0 Å². The van der Waals surface area contributed by atoms with Gasteiger partial charge in [-0.15, -0.1) is 11.3 Å².